The van der Waals surface area contributed by atoms with Gasteiger partial charge in [-0.3, -0.25) is 4.90 Å². The molecule has 0 aromatic heterocycles. The first-order valence-electron chi connectivity index (χ1n) is 5.60. The first-order valence-corrected chi connectivity index (χ1v) is 5.60. The molecule has 2 unspecified atom stereocenters. The molecular weight excluding hydrogens is 162 g/mol. The van der Waals surface area contributed by atoms with Gasteiger partial charge in [-0.05, 0) is 33.2 Å². The molecule has 0 spiro atoms. The Morgan fingerprint density at radius 3 is 2.38 bits per heavy atom. The average molecular weight is 185 g/mol. The molecule has 1 aliphatic rings. The Bertz CT molecular complexity index is 147. The molecule has 2 nitrogen and oxygen atoms in total. The van der Waals surface area contributed by atoms with Crippen LogP contribution in [-0.4, -0.2) is 34.7 Å². The molecule has 78 valence electrons. The van der Waals surface area contributed by atoms with E-state index in [2.05, 4.69) is 25.7 Å². The van der Waals surface area contributed by atoms with Crippen molar-refractivity contribution < 1.29 is 5.11 Å². The highest BCUT2D eigenvalue weighted by Gasteiger charge is 2.28. The van der Waals surface area contributed by atoms with Crippen molar-refractivity contribution >= 4 is 0 Å². The number of aliphatic hydroxyl groups excluding tert-OH is 1. The van der Waals surface area contributed by atoms with Crippen LogP contribution in [-0.2, 0) is 0 Å². The van der Waals surface area contributed by atoms with Crippen molar-refractivity contribution in [3.63, 3.8) is 0 Å². The molecule has 1 aliphatic carbocycles. The molecule has 0 radical (unpaired) electrons. The van der Waals surface area contributed by atoms with Gasteiger partial charge in [0.15, 0.2) is 0 Å². The molecule has 0 aliphatic heterocycles. The van der Waals surface area contributed by atoms with Crippen LogP contribution in [0.15, 0.2) is 0 Å². The zero-order chi connectivity index (χ0) is 9.84. The van der Waals surface area contributed by atoms with Crippen LogP contribution >= 0.6 is 0 Å². The third-order valence-electron chi connectivity index (χ3n) is 3.15. The van der Waals surface area contributed by atoms with E-state index in [0.29, 0.717) is 12.1 Å². The third-order valence-corrected chi connectivity index (χ3v) is 3.15. The van der Waals surface area contributed by atoms with Crippen LogP contribution in [0.25, 0.3) is 0 Å². The maximum atomic E-state index is 9.88. The molecule has 1 saturated carbocycles. The molecule has 2 atom stereocenters. The predicted octanol–water partition coefficient (Wildman–Crippen LogP) is 2.02. The Labute approximate surface area is 81.9 Å². The van der Waals surface area contributed by atoms with Gasteiger partial charge in [0.2, 0.25) is 0 Å². The van der Waals surface area contributed by atoms with Crippen LogP contribution in [0.1, 0.15) is 46.5 Å². The first kappa shape index (κ1) is 11.0. The van der Waals surface area contributed by atoms with E-state index in [0.717, 1.165) is 13.0 Å². The van der Waals surface area contributed by atoms with Gasteiger partial charge in [0.1, 0.15) is 0 Å². The van der Waals surface area contributed by atoms with Gasteiger partial charge in [-0.15, -0.1) is 0 Å². The molecular formula is C11H23NO. The first-order chi connectivity index (χ1) is 6.16. The van der Waals surface area contributed by atoms with Crippen LogP contribution in [0, 0.1) is 0 Å². The minimum atomic E-state index is -0.0869. The van der Waals surface area contributed by atoms with Gasteiger partial charge >= 0.3 is 0 Å². The molecule has 0 aromatic carbocycles. The van der Waals surface area contributed by atoms with E-state index in [1.807, 2.05) is 0 Å². The van der Waals surface area contributed by atoms with Crippen LogP contribution in [0.3, 0.4) is 0 Å². The minimum Gasteiger partial charge on any atom is -0.391 e. The van der Waals surface area contributed by atoms with Crippen molar-refractivity contribution in [3.8, 4) is 0 Å². The van der Waals surface area contributed by atoms with Gasteiger partial charge in [0.05, 0.1) is 6.10 Å². The molecule has 2 heteroatoms. The molecule has 0 amide bonds. The van der Waals surface area contributed by atoms with Crippen molar-refractivity contribution in [1.29, 1.82) is 0 Å². The maximum Gasteiger partial charge on any atom is 0.0695 e. The van der Waals surface area contributed by atoms with E-state index in [4.69, 9.17) is 0 Å². The second kappa shape index (κ2) is 4.97. The largest absolute Gasteiger partial charge is 0.391 e. The highest BCUT2D eigenvalue weighted by atomic mass is 16.3. The van der Waals surface area contributed by atoms with Gasteiger partial charge in [-0.1, -0.05) is 19.8 Å². The summed E-state index contributed by atoms with van der Waals surface area (Å²) in [6.07, 6.45) is 4.57. The molecule has 13 heavy (non-hydrogen) atoms. The fourth-order valence-corrected chi connectivity index (χ4v) is 2.46. The minimum absolute atomic E-state index is 0.0869. The van der Waals surface area contributed by atoms with Gasteiger partial charge in [0.25, 0.3) is 0 Å². The molecule has 0 saturated heterocycles. The van der Waals surface area contributed by atoms with Crippen LogP contribution in [0.2, 0.25) is 0 Å². The van der Waals surface area contributed by atoms with Crippen LogP contribution < -0.4 is 0 Å². The average Bonchev–Trinajstić information content (AvgIpc) is 2.09. The number of aliphatic hydroxyl groups is 1. The number of hydrogen-bond acceptors (Lipinski definition) is 2. The van der Waals surface area contributed by atoms with Gasteiger partial charge in [0, 0.05) is 12.1 Å². The summed E-state index contributed by atoms with van der Waals surface area (Å²) in [7, 11) is 0. The molecule has 1 N–H and O–H groups in total. The summed E-state index contributed by atoms with van der Waals surface area (Å²) in [6, 6.07) is 0.974. The van der Waals surface area contributed by atoms with Gasteiger partial charge in [-0.25, -0.2) is 0 Å². The van der Waals surface area contributed by atoms with Crippen LogP contribution in [0.4, 0.5) is 0 Å². The van der Waals surface area contributed by atoms with Crippen LogP contribution in [0.5, 0.6) is 0 Å². The summed E-state index contributed by atoms with van der Waals surface area (Å²) < 4.78 is 0. The van der Waals surface area contributed by atoms with E-state index in [9.17, 15) is 5.11 Å². The van der Waals surface area contributed by atoms with Crippen molar-refractivity contribution in [3.05, 3.63) is 0 Å². The lowest BCUT2D eigenvalue weighted by Gasteiger charge is -2.39. The number of likely N-dealkylation sites (N-methyl/N-ethyl adjacent to an activating group) is 1. The lowest BCUT2D eigenvalue weighted by Crippen LogP contribution is -2.48. The Hall–Kier alpha value is -0.0800. The van der Waals surface area contributed by atoms with E-state index in [-0.39, 0.29) is 6.10 Å². The molecule has 0 bridgehead atoms. The van der Waals surface area contributed by atoms with Crippen molar-refractivity contribution in [1.82, 2.24) is 4.90 Å². The summed E-state index contributed by atoms with van der Waals surface area (Å²) in [6.45, 7) is 7.66. The fraction of sp³-hybridized carbons (Fsp3) is 1.00. The van der Waals surface area contributed by atoms with E-state index >= 15 is 0 Å². The smallest absolute Gasteiger partial charge is 0.0695 e. The summed E-state index contributed by atoms with van der Waals surface area (Å²) in [5.74, 6) is 0. The molecule has 0 aromatic rings. The van der Waals surface area contributed by atoms with Gasteiger partial charge < -0.3 is 5.11 Å². The molecule has 1 rings (SSSR count). The Morgan fingerprint density at radius 1 is 1.31 bits per heavy atom. The Balaban J connectivity index is 2.55. The predicted molar refractivity (Wildman–Crippen MR) is 55.8 cm³/mol. The lowest BCUT2D eigenvalue weighted by atomic mass is 9.90. The van der Waals surface area contributed by atoms with Crippen molar-refractivity contribution in [2.75, 3.05) is 6.54 Å². The van der Waals surface area contributed by atoms with Crippen molar-refractivity contribution in [2.45, 2.75) is 64.6 Å². The maximum absolute atomic E-state index is 9.88. The number of rotatable bonds is 3. The standard InChI is InChI=1S/C11H23NO/c1-4-12(9(2)3)10-7-5-6-8-11(10)13/h9-11,13H,4-8H2,1-3H3. The third kappa shape index (κ3) is 2.68. The normalized spacial score (nSPS) is 30.0. The second-order valence-corrected chi connectivity index (χ2v) is 4.34. The monoisotopic (exact) mass is 185 g/mol. The summed E-state index contributed by atoms with van der Waals surface area (Å²) in [5.41, 5.74) is 0. The highest BCUT2D eigenvalue weighted by Crippen LogP contribution is 2.24. The number of nitrogens with zero attached hydrogens (tertiary/aromatic N) is 1. The zero-order valence-corrected chi connectivity index (χ0v) is 9.16. The molecule has 0 heterocycles. The van der Waals surface area contributed by atoms with E-state index in [1.54, 1.807) is 0 Å². The van der Waals surface area contributed by atoms with Gasteiger partial charge in [-0.2, -0.15) is 0 Å². The Morgan fingerprint density at radius 2 is 1.92 bits per heavy atom. The SMILES string of the molecule is CCN(C(C)C)C1CCCCC1O. The quantitative estimate of drug-likeness (QED) is 0.727. The summed E-state index contributed by atoms with van der Waals surface area (Å²) in [4.78, 5) is 2.42. The summed E-state index contributed by atoms with van der Waals surface area (Å²) in [5, 5.41) is 9.88. The highest BCUT2D eigenvalue weighted by molar-refractivity contribution is 4.84. The fourth-order valence-electron chi connectivity index (χ4n) is 2.46. The zero-order valence-electron chi connectivity index (χ0n) is 9.16. The van der Waals surface area contributed by atoms with E-state index < -0.39 is 0 Å². The second-order valence-electron chi connectivity index (χ2n) is 4.34. The van der Waals surface area contributed by atoms with E-state index in [1.165, 1.54) is 19.3 Å². The number of hydrogen-bond donors (Lipinski definition) is 1. The topological polar surface area (TPSA) is 23.5 Å². The Kier molecular flexibility index (Phi) is 4.20. The van der Waals surface area contributed by atoms with Crippen molar-refractivity contribution in [2.24, 2.45) is 0 Å². The summed E-state index contributed by atoms with van der Waals surface area (Å²) >= 11 is 0. The molecule has 1 fully saturated rings. The lowest BCUT2D eigenvalue weighted by molar-refractivity contribution is 0.00776.